The van der Waals surface area contributed by atoms with Gasteiger partial charge in [-0.05, 0) is 91.3 Å². The maximum atomic E-state index is 13.0. The van der Waals surface area contributed by atoms with E-state index in [1.165, 1.54) is 4.90 Å². The minimum Gasteiger partial charge on any atom is -0.457 e. The number of amides is 3. The van der Waals surface area contributed by atoms with Crippen molar-refractivity contribution in [3.8, 4) is 11.5 Å². The zero-order chi connectivity index (χ0) is 26.6. The van der Waals surface area contributed by atoms with Gasteiger partial charge >= 0.3 is 0 Å². The molecule has 0 spiro atoms. The van der Waals surface area contributed by atoms with Crippen molar-refractivity contribution < 1.29 is 19.1 Å². The third-order valence-electron chi connectivity index (χ3n) is 5.90. The highest BCUT2D eigenvalue weighted by molar-refractivity contribution is 7.99. The first kappa shape index (κ1) is 25.6. The molecular formula is C30H23ClN2O4S. The van der Waals surface area contributed by atoms with Crippen molar-refractivity contribution in [2.24, 2.45) is 0 Å². The Balaban J connectivity index is 1.18. The van der Waals surface area contributed by atoms with Gasteiger partial charge in [-0.3, -0.25) is 14.4 Å². The molecule has 3 amide bonds. The molecule has 0 atom stereocenters. The van der Waals surface area contributed by atoms with Crippen molar-refractivity contribution in [3.05, 3.63) is 113 Å². The molecule has 4 aromatic rings. The van der Waals surface area contributed by atoms with Crippen molar-refractivity contribution in [2.45, 2.75) is 18.2 Å². The molecule has 1 aliphatic rings. The van der Waals surface area contributed by atoms with Crippen molar-refractivity contribution in [1.29, 1.82) is 0 Å². The molecule has 1 N–H and O–H groups in total. The summed E-state index contributed by atoms with van der Waals surface area (Å²) in [6.07, 6.45) is 0.368. The fourth-order valence-electron chi connectivity index (χ4n) is 4.04. The molecule has 1 aliphatic heterocycles. The second-order valence-electron chi connectivity index (χ2n) is 8.72. The number of ether oxygens (including phenoxy) is 1. The number of imide groups is 1. The summed E-state index contributed by atoms with van der Waals surface area (Å²) in [5, 5.41) is 3.57. The van der Waals surface area contributed by atoms with Gasteiger partial charge in [-0.15, -0.1) is 11.8 Å². The Morgan fingerprint density at radius 1 is 0.868 bits per heavy atom. The van der Waals surface area contributed by atoms with Crippen LogP contribution in [0.1, 0.15) is 32.7 Å². The molecule has 8 heteroatoms. The summed E-state index contributed by atoms with van der Waals surface area (Å²) >= 11 is 7.49. The first-order valence-electron chi connectivity index (χ1n) is 11.9. The molecule has 190 valence electrons. The number of carbonyl (C=O) groups excluding carboxylic acids is 3. The molecule has 0 aliphatic carbocycles. The molecule has 4 aromatic carbocycles. The average molecular weight is 543 g/mol. The second-order valence-corrected chi connectivity index (χ2v) is 10.3. The summed E-state index contributed by atoms with van der Waals surface area (Å²) in [7, 11) is 0. The molecular weight excluding hydrogens is 520 g/mol. The number of carbonyl (C=O) groups is 3. The zero-order valence-electron chi connectivity index (χ0n) is 20.4. The van der Waals surface area contributed by atoms with Crippen molar-refractivity contribution in [2.75, 3.05) is 16.0 Å². The minimum absolute atomic E-state index is 0.0832. The second kappa shape index (κ2) is 11.1. The van der Waals surface area contributed by atoms with Gasteiger partial charge in [0, 0.05) is 27.8 Å². The van der Waals surface area contributed by atoms with Crippen molar-refractivity contribution in [1.82, 2.24) is 0 Å². The summed E-state index contributed by atoms with van der Waals surface area (Å²) in [6.45, 7) is 1.91. The van der Waals surface area contributed by atoms with E-state index < -0.39 is 0 Å². The number of halogens is 1. The summed E-state index contributed by atoms with van der Waals surface area (Å²) in [5.74, 6) is 0.804. The first-order valence-corrected chi connectivity index (χ1v) is 13.3. The number of hydrogen-bond donors (Lipinski definition) is 1. The zero-order valence-corrected chi connectivity index (χ0v) is 22.0. The molecule has 38 heavy (non-hydrogen) atoms. The van der Waals surface area contributed by atoms with Crippen LogP contribution in [-0.2, 0) is 4.79 Å². The van der Waals surface area contributed by atoms with Gasteiger partial charge in [-0.1, -0.05) is 23.7 Å². The van der Waals surface area contributed by atoms with Crippen LogP contribution in [0.25, 0.3) is 0 Å². The van der Waals surface area contributed by atoms with E-state index in [0.29, 0.717) is 51.2 Å². The molecule has 0 unspecified atom stereocenters. The summed E-state index contributed by atoms with van der Waals surface area (Å²) in [6, 6.07) is 26.6. The number of fused-ring (bicyclic) bond motifs is 1. The topological polar surface area (TPSA) is 75.7 Å². The predicted octanol–water partition coefficient (Wildman–Crippen LogP) is 7.36. The van der Waals surface area contributed by atoms with E-state index in [1.54, 1.807) is 66.4 Å². The molecule has 0 saturated carbocycles. The fraction of sp³-hybridized carbons (Fsp3) is 0.100. The molecule has 5 rings (SSSR count). The number of rotatable bonds is 8. The number of aryl methyl sites for hydroxylation is 1. The van der Waals surface area contributed by atoms with Crippen LogP contribution in [0.5, 0.6) is 11.5 Å². The van der Waals surface area contributed by atoms with Gasteiger partial charge in [-0.25, -0.2) is 4.90 Å². The lowest BCUT2D eigenvalue weighted by Gasteiger charge is -2.14. The van der Waals surface area contributed by atoms with Crippen LogP contribution in [0.3, 0.4) is 0 Å². The summed E-state index contributed by atoms with van der Waals surface area (Å²) in [5.41, 5.74) is 2.80. The number of nitrogens with zero attached hydrogens (tertiary/aromatic N) is 1. The third kappa shape index (κ3) is 5.74. The van der Waals surface area contributed by atoms with Gasteiger partial charge in [-0.2, -0.15) is 0 Å². The molecule has 1 heterocycles. The van der Waals surface area contributed by atoms with E-state index in [0.717, 1.165) is 10.5 Å². The van der Waals surface area contributed by atoms with Gasteiger partial charge in [0.1, 0.15) is 11.5 Å². The monoisotopic (exact) mass is 542 g/mol. The highest BCUT2D eigenvalue weighted by Gasteiger charge is 2.37. The fourth-order valence-corrected chi connectivity index (χ4v) is 5.02. The van der Waals surface area contributed by atoms with Crippen LogP contribution in [0, 0.1) is 6.92 Å². The van der Waals surface area contributed by atoms with E-state index >= 15 is 0 Å². The van der Waals surface area contributed by atoms with Crippen LogP contribution < -0.4 is 15.0 Å². The standard InChI is InChI=1S/C30H23ClN2O4S/c1-19-3-2-4-22(17-19)33-29(35)26-14-11-24(18-27(26)30(33)36)37-23-9-7-21(8-10-23)32-28(34)15-16-38-25-12-5-20(31)6-13-25/h2-14,17-18H,15-16H2,1H3,(H,32,34). The molecule has 0 aromatic heterocycles. The van der Waals surface area contributed by atoms with E-state index in [-0.39, 0.29) is 17.7 Å². The van der Waals surface area contributed by atoms with Crippen molar-refractivity contribution in [3.63, 3.8) is 0 Å². The third-order valence-corrected chi connectivity index (χ3v) is 7.17. The van der Waals surface area contributed by atoms with Crippen LogP contribution in [0.4, 0.5) is 11.4 Å². The molecule has 0 bridgehead atoms. The highest BCUT2D eigenvalue weighted by Crippen LogP contribution is 2.33. The quantitative estimate of drug-likeness (QED) is 0.186. The SMILES string of the molecule is Cc1cccc(N2C(=O)c3ccc(Oc4ccc(NC(=O)CCSc5ccc(Cl)cc5)cc4)cc3C2=O)c1. The Morgan fingerprint density at radius 3 is 2.32 bits per heavy atom. The molecule has 0 fully saturated rings. The minimum atomic E-state index is -0.381. The molecule has 6 nitrogen and oxygen atoms in total. The van der Waals surface area contributed by atoms with Crippen LogP contribution in [0.15, 0.2) is 95.9 Å². The van der Waals surface area contributed by atoms with Crippen LogP contribution in [-0.4, -0.2) is 23.5 Å². The Morgan fingerprint density at radius 2 is 1.58 bits per heavy atom. The van der Waals surface area contributed by atoms with Gasteiger partial charge in [0.15, 0.2) is 0 Å². The van der Waals surface area contributed by atoms with E-state index in [1.807, 2.05) is 43.3 Å². The Hall–Kier alpha value is -4.07. The number of anilines is 2. The van der Waals surface area contributed by atoms with Gasteiger partial charge in [0.25, 0.3) is 11.8 Å². The normalized spacial score (nSPS) is 12.4. The Labute approximate surface area is 229 Å². The molecule has 0 saturated heterocycles. The number of thioether (sulfide) groups is 1. The van der Waals surface area contributed by atoms with Gasteiger partial charge in [0.05, 0.1) is 16.8 Å². The summed E-state index contributed by atoms with van der Waals surface area (Å²) in [4.78, 5) is 40.5. The lowest BCUT2D eigenvalue weighted by molar-refractivity contribution is -0.115. The average Bonchev–Trinajstić information content (AvgIpc) is 3.15. The van der Waals surface area contributed by atoms with Crippen molar-refractivity contribution >= 4 is 52.5 Å². The lowest BCUT2D eigenvalue weighted by atomic mass is 10.1. The van der Waals surface area contributed by atoms with E-state index in [9.17, 15) is 14.4 Å². The number of benzene rings is 4. The maximum absolute atomic E-state index is 13.0. The van der Waals surface area contributed by atoms with E-state index in [2.05, 4.69) is 5.32 Å². The smallest absolute Gasteiger partial charge is 0.266 e. The highest BCUT2D eigenvalue weighted by atomic mass is 35.5. The lowest BCUT2D eigenvalue weighted by Crippen LogP contribution is -2.29. The summed E-state index contributed by atoms with van der Waals surface area (Å²) < 4.78 is 5.92. The number of hydrogen-bond acceptors (Lipinski definition) is 5. The first-order chi connectivity index (χ1) is 18.4. The van der Waals surface area contributed by atoms with Crippen LogP contribution in [0.2, 0.25) is 5.02 Å². The van der Waals surface area contributed by atoms with Crippen LogP contribution >= 0.6 is 23.4 Å². The Bertz CT molecular complexity index is 1520. The van der Waals surface area contributed by atoms with Gasteiger partial charge < -0.3 is 10.1 Å². The number of nitrogens with one attached hydrogen (secondary N) is 1. The van der Waals surface area contributed by atoms with Gasteiger partial charge in [0.2, 0.25) is 5.91 Å². The Kier molecular flexibility index (Phi) is 7.49. The molecule has 0 radical (unpaired) electrons. The van der Waals surface area contributed by atoms with E-state index in [4.69, 9.17) is 16.3 Å². The largest absolute Gasteiger partial charge is 0.457 e. The predicted molar refractivity (Wildman–Crippen MR) is 151 cm³/mol. The maximum Gasteiger partial charge on any atom is 0.266 e.